The van der Waals surface area contributed by atoms with Gasteiger partial charge >= 0.3 is 0 Å². The van der Waals surface area contributed by atoms with E-state index in [0.29, 0.717) is 11.9 Å². The van der Waals surface area contributed by atoms with Gasteiger partial charge in [-0.25, -0.2) is 13.9 Å². The van der Waals surface area contributed by atoms with Gasteiger partial charge in [-0.05, 0) is 19.9 Å². The second-order valence-corrected chi connectivity index (χ2v) is 4.57. The molecule has 0 radical (unpaired) electrons. The van der Waals surface area contributed by atoms with Crippen LogP contribution in [0.5, 0.6) is 0 Å². The van der Waals surface area contributed by atoms with Gasteiger partial charge < -0.3 is 10.6 Å². The third-order valence-corrected chi connectivity index (χ3v) is 3.29. The number of nitrogen functional groups attached to an aromatic ring is 1. The summed E-state index contributed by atoms with van der Waals surface area (Å²) in [4.78, 5) is 7.80. The van der Waals surface area contributed by atoms with Crippen LogP contribution in [0.1, 0.15) is 12.8 Å². The lowest BCUT2D eigenvalue weighted by Crippen LogP contribution is -2.45. The molecule has 2 rings (SSSR count). The summed E-state index contributed by atoms with van der Waals surface area (Å²) in [5, 5.41) is 6.58. The van der Waals surface area contributed by atoms with Crippen LogP contribution < -0.4 is 10.6 Å². The average Bonchev–Trinajstić information content (AvgIpc) is 2.75. The molecule has 1 saturated heterocycles. The molecule has 0 unspecified atom stereocenters. The number of hydrogen-bond acceptors (Lipinski definition) is 5. The molecule has 1 aromatic heterocycles. The van der Waals surface area contributed by atoms with Gasteiger partial charge in [0.2, 0.25) is 11.9 Å². The number of hydrogen-bond donors (Lipinski definition) is 2. The Bertz CT molecular complexity index is 374. The standard InChI is InChI=1S/C10H18F2N6/c1-17(6-8(11)12)7-2-4-18(5-3-7)10-14-9(13)15-16-10/h7-8H,2-6H2,1H3,(H3,13,14,15,16). The number of alkyl halides is 2. The molecule has 0 aliphatic carbocycles. The van der Waals surface area contributed by atoms with Crippen molar-refractivity contribution in [2.24, 2.45) is 0 Å². The summed E-state index contributed by atoms with van der Waals surface area (Å²) in [7, 11) is 1.75. The molecule has 6 nitrogen and oxygen atoms in total. The zero-order valence-corrected chi connectivity index (χ0v) is 10.3. The van der Waals surface area contributed by atoms with Crippen LogP contribution in [0, 0.1) is 0 Å². The highest BCUT2D eigenvalue weighted by Gasteiger charge is 2.25. The number of aromatic nitrogens is 3. The first-order valence-corrected chi connectivity index (χ1v) is 5.97. The van der Waals surface area contributed by atoms with Crippen LogP contribution in [0.25, 0.3) is 0 Å². The number of H-pyrrole nitrogens is 1. The van der Waals surface area contributed by atoms with Gasteiger partial charge in [-0.1, -0.05) is 0 Å². The fourth-order valence-electron chi connectivity index (χ4n) is 2.28. The van der Waals surface area contributed by atoms with E-state index in [0.717, 1.165) is 25.9 Å². The van der Waals surface area contributed by atoms with Gasteiger partial charge in [0.25, 0.3) is 6.43 Å². The van der Waals surface area contributed by atoms with Crippen LogP contribution in [0.15, 0.2) is 0 Å². The fourth-order valence-corrected chi connectivity index (χ4v) is 2.28. The number of piperidine rings is 1. The maximum Gasteiger partial charge on any atom is 0.251 e. The maximum absolute atomic E-state index is 12.3. The SMILES string of the molecule is CN(CC(F)F)C1CCN(c2n[nH]c(N)n2)CC1. The van der Waals surface area contributed by atoms with E-state index in [1.54, 1.807) is 11.9 Å². The second kappa shape index (κ2) is 5.47. The molecular weight excluding hydrogens is 242 g/mol. The minimum absolute atomic E-state index is 0.168. The van der Waals surface area contributed by atoms with Crippen LogP contribution in [0.3, 0.4) is 0 Å². The number of nitrogens with zero attached hydrogens (tertiary/aromatic N) is 4. The zero-order chi connectivity index (χ0) is 13.1. The fraction of sp³-hybridized carbons (Fsp3) is 0.800. The van der Waals surface area contributed by atoms with E-state index in [1.165, 1.54) is 0 Å². The van der Waals surface area contributed by atoms with E-state index in [4.69, 9.17) is 5.73 Å². The van der Waals surface area contributed by atoms with Crippen LogP contribution in [0.2, 0.25) is 0 Å². The smallest absolute Gasteiger partial charge is 0.251 e. The summed E-state index contributed by atoms with van der Waals surface area (Å²) in [5.74, 6) is 0.879. The maximum atomic E-state index is 12.3. The molecular formula is C10H18F2N6. The first-order valence-electron chi connectivity index (χ1n) is 5.97. The van der Waals surface area contributed by atoms with Crippen LogP contribution in [-0.4, -0.2) is 59.2 Å². The lowest BCUT2D eigenvalue weighted by Gasteiger charge is -2.36. The summed E-state index contributed by atoms with van der Waals surface area (Å²) < 4.78 is 24.6. The molecule has 1 aliphatic heterocycles. The molecule has 2 heterocycles. The quantitative estimate of drug-likeness (QED) is 0.827. The van der Waals surface area contributed by atoms with E-state index in [9.17, 15) is 8.78 Å². The van der Waals surface area contributed by atoms with E-state index in [-0.39, 0.29) is 12.6 Å². The van der Waals surface area contributed by atoms with Crippen molar-refractivity contribution in [3.63, 3.8) is 0 Å². The van der Waals surface area contributed by atoms with E-state index in [1.807, 2.05) is 4.90 Å². The summed E-state index contributed by atoms with van der Waals surface area (Å²) in [6.45, 7) is 1.35. The van der Waals surface area contributed by atoms with Crippen molar-refractivity contribution in [3.05, 3.63) is 0 Å². The minimum atomic E-state index is -2.28. The van der Waals surface area contributed by atoms with Gasteiger partial charge in [-0.2, -0.15) is 4.98 Å². The van der Waals surface area contributed by atoms with Gasteiger partial charge in [-0.3, -0.25) is 4.90 Å². The van der Waals surface area contributed by atoms with Gasteiger partial charge in [0.1, 0.15) is 0 Å². The summed E-state index contributed by atoms with van der Waals surface area (Å²) in [6.07, 6.45) is -0.615. The summed E-state index contributed by atoms with van der Waals surface area (Å²) >= 11 is 0. The Balaban J connectivity index is 1.84. The van der Waals surface area contributed by atoms with Gasteiger partial charge in [0.15, 0.2) is 0 Å². The molecule has 1 aromatic rings. The average molecular weight is 260 g/mol. The Hall–Kier alpha value is -1.44. The second-order valence-electron chi connectivity index (χ2n) is 4.57. The topological polar surface area (TPSA) is 74.1 Å². The molecule has 0 bridgehead atoms. The summed E-state index contributed by atoms with van der Waals surface area (Å²) in [5.41, 5.74) is 5.47. The normalized spacial score (nSPS) is 17.9. The third-order valence-electron chi connectivity index (χ3n) is 3.29. The largest absolute Gasteiger partial charge is 0.368 e. The molecule has 3 N–H and O–H groups in total. The molecule has 0 amide bonds. The molecule has 0 spiro atoms. The number of anilines is 2. The van der Waals surface area contributed by atoms with Crippen molar-refractivity contribution < 1.29 is 8.78 Å². The van der Waals surface area contributed by atoms with E-state index < -0.39 is 6.43 Å². The predicted molar refractivity (Wildman–Crippen MR) is 64.7 cm³/mol. The Kier molecular flexibility index (Phi) is 3.95. The van der Waals surface area contributed by atoms with Crippen molar-refractivity contribution in [1.82, 2.24) is 20.1 Å². The highest BCUT2D eigenvalue weighted by molar-refractivity contribution is 5.34. The molecule has 1 aliphatic rings. The molecule has 8 heteroatoms. The molecule has 0 atom stereocenters. The molecule has 102 valence electrons. The Morgan fingerprint density at radius 1 is 1.50 bits per heavy atom. The highest BCUT2D eigenvalue weighted by Crippen LogP contribution is 2.19. The van der Waals surface area contributed by atoms with Crippen LogP contribution in [0.4, 0.5) is 20.7 Å². The predicted octanol–water partition coefficient (Wildman–Crippen LogP) is 0.553. The van der Waals surface area contributed by atoms with Crippen molar-refractivity contribution in [3.8, 4) is 0 Å². The van der Waals surface area contributed by atoms with Crippen molar-refractivity contribution in [2.45, 2.75) is 25.3 Å². The Morgan fingerprint density at radius 3 is 2.67 bits per heavy atom. The number of aromatic amines is 1. The van der Waals surface area contributed by atoms with Crippen molar-refractivity contribution in [2.75, 3.05) is 37.3 Å². The molecule has 0 saturated carbocycles. The molecule has 18 heavy (non-hydrogen) atoms. The highest BCUT2D eigenvalue weighted by atomic mass is 19.3. The third kappa shape index (κ3) is 3.06. The Morgan fingerprint density at radius 2 is 2.17 bits per heavy atom. The first kappa shape index (κ1) is 13.0. The van der Waals surface area contributed by atoms with Gasteiger partial charge in [0.05, 0.1) is 6.54 Å². The number of rotatable bonds is 4. The molecule has 0 aromatic carbocycles. The van der Waals surface area contributed by atoms with Crippen molar-refractivity contribution >= 4 is 11.9 Å². The lowest BCUT2D eigenvalue weighted by molar-refractivity contribution is 0.0742. The van der Waals surface area contributed by atoms with E-state index >= 15 is 0 Å². The lowest BCUT2D eigenvalue weighted by atomic mass is 10.0. The van der Waals surface area contributed by atoms with Crippen molar-refractivity contribution in [1.29, 1.82) is 0 Å². The summed E-state index contributed by atoms with van der Waals surface area (Å²) in [6, 6.07) is 0.200. The number of nitrogens with one attached hydrogen (secondary N) is 1. The minimum Gasteiger partial charge on any atom is -0.368 e. The van der Waals surface area contributed by atoms with Gasteiger partial charge in [0, 0.05) is 19.1 Å². The van der Waals surface area contributed by atoms with Crippen LogP contribution in [-0.2, 0) is 0 Å². The number of nitrogens with two attached hydrogens (primary N) is 1. The van der Waals surface area contributed by atoms with E-state index in [2.05, 4.69) is 15.2 Å². The van der Waals surface area contributed by atoms with Crippen LogP contribution >= 0.6 is 0 Å². The zero-order valence-electron chi connectivity index (χ0n) is 10.3. The monoisotopic (exact) mass is 260 g/mol. The first-order chi connectivity index (χ1) is 8.56. The number of halogens is 2. The Labute approximate surface area is 104 Å². The molecule has 1 fully saturated rings. The van der Waals surface area contributed by atoms with Gasteiger partial charge in [-0.15, -0.1) is 5.10 Å².